The number of hydrogen-bond acceptors (Lipinski definition) is 9. The number of fused-ring (bicyclic) bond motifs is 1. The Kier molecular flexibility index (Phi) is 14.8. The molecule has 2 saturated heterocycles. The average Bonchev–Trinajstić information content (AvgIpc) is 3.59. The van der Waals surface area contributed by atoms with Crippen molar-refractivity contribution >= 4 is 45.3 Å². The molecule has 0 spiro atoms. The topological polar surface area (TPSA) is 220 Å². The van der Waals surface area contributed by atoms with Crippen molar-refractivity contribution < 1.29 is 42.3 Å². The second kappa shape index (κ2) is 19.7. The monoisotopic (exact) mass is 816 g/mol. The van der Waals surface area contributed by atoms with Crippen LogP contribution in [0.2, 0.25) is 0 Å². The van der Waals surface area contributed by atoms with E-state index < -0.39 is 81.6 Å². The van der Waals surface area contributed by atoms with Gasteiger partial charge in [-0.05, 0) is 55.4 Å². The first-order valence-electron chi connectivity index (χ1n) is 19.5. The number of sulfone groups is 1. The molecule has 0 bridgehead atoms. The quantitative estimate of drug-likeness (QED) is 0.184. The van der Waals surface area contributed by atoms with Crippen LogP contribution in [0.25, 0.3) is 0 Å². The lowest BCUT2D eigenvalue weighted by Gasteiger charge is -2.29. The third-order valence-corrected chi connectivity index (χ3v) is 11.8. The second-order valence-corrected chi connectivity index (χ2v) is 17.2. The van der Waals surface area contributed by atoms with Gasteiger partial charge in [-0.1, -0.05) is 86.6 Å². The van der Waals surface area contributed by atoms with Crippen LogP contribution in [0.1, 0.15) is 67.9 Å². The molecule has 0 aliphatic carbocycles. The number of aliphatic hydroxyl groups excluding tert-OH is 1. The first-order chi connectivity index (χ1) is 27.6. The Morgan fingerprint density at radius 1 is 0.810 bits per heavy atom. The fourth-order valence-corrected chi connectivity index (χ4v) is 8.74. The Balaban J connectivity index is 1.47. The zero-order valence-electron chi connectivity index (χ0n) is 32.8. The lowest BCUT2D eigenvalue weighted by Crippen LogP contribution is -2.59. The van der Waals surface area contributed by atoms with Gasteiger partial charge in [0.15, 0.2) is 9.84 Å². The predicted octanol–water partition coefficient (Wildman–Crippen LogP) is 1.39. The van der Waals surface area contributed by atoms with Crippen LogP contribution in [0.3, 0.4) is 0 Å². The summed E-state index contributed by atoms with van der Waals surface area (Å²) in [6.07, 6.45) is -0.723. The SMILES string of the molecule is CC(C)C[C@@H]1NC(=O)[C@@H](Cc2ccccc2)NC(=O)[C@@H](NC(=O)c2ccccc2S(=O)(=O)Cc2ccccc2)CCCNC(=O)[C@@H]2C[C@@H](O)CN2C(=O)[C@H](C)NC1=O. The van der Waals surface area contributed by atoms with Crippen molar-refractivity contribution in [3.8, 4) is 0 Å². The fourth-order valence-electron chi connectivity index (χ4n) is 7.17. The molecule has 58 heavy (non-hydrogen) atoms. The molecule has 2 fully saturated rings. The normalized spacial score (nSPS) is 24.1. The van der Waals surface area contributed by atoms with Gasteiger partial charge >= 0.3 is 0 Å². The number of nitrogens with one attached hydrogen (secondary N) is 5. The number of rotatable bonds is 9. The third-order valence-electron chi connectivity index (χ3n) is 10.1. The summed E-state index contributed by atoms with van der Waals surface area (Å²) in [7, 11) is -4.03. The van der Waals surface area contributed by atoms with Gasteiger partial charge < -0.3 is 36.6 Å². The molecular formula is C42H52N6O9S. The number of carbonyl (C=O) groups is 6. The molecule has 3 aromatic rings. The van der Waals surface area contributed by atoms with E-state index in [-0.39, 0.29) is 67.3 Å². The number of aliphatic hydroxyl groups is 1. The molecule has 16 heteroatoms. The van der Waals surface area contributed by atoms with Crippen molar-refractivity contribution in [2.75, 3.05) is 13.1 Å². The van der Waals surface area contributed by atoms with Gasteiger partial charge in [0.1, 0.15) is 30.2 Å². The Bertz CT molecular complexity index is 2060. The summed E-state index contributed by atoms with van der Waals surface area (Å²) in [5, 5.41) is 24.1. The van der Waals surface area contributed by atoms with Crippen LogP contribution in [0, 0.1) is 5.92 Å². The van der Waals surface area contributed by atoms with E-state index in [1.807, 2.05) is 13.8 Å². The van der Waals surface area contributed by atoms with Crippen LogP contribution in [0.15, 0.2) is 89.8 Å². The fraction of sp³-hybridized carbons (Fsp3) is 0.429. The first kappa shape index (κ1) is 43.5. The molecule has 310 valence electrons. The highest BCUT2D eigenvalue weighted by Gasteiger charge is 2.41. The van der Waals surface area contributed by atoms with Crippen LogP contribution >= 0.6 is 0 Å². The van der Waals surface area contributed by atoms with Gasteiger partial charge in [0.25, 0.3) is 5.91 Å². The molecule has 15 nitrogen and oxygen atoms in total. The van der Waals surface area contributed by atoms with E-state index >= 15 is 0 Å². The number of benzene rings is 3. The van der Waals surface area contributed by atoms with E-state index in [2.05, 4.69) is 26.6 Å². The highest BCUT2D eigenvalue weighted by atomic mass is 32.2. The van der Waals surface area contributed by atoms with E-state index in [0.717, 1.165) is 0 Å². The van der Waals surface area contributed by atoms with Crippen LogP contribution in [-0.2, 0) is 46.0 Å². The van der Waals surface area contributed by atoms with E-state index in [0.29, 0.717) is 11.1 Å². The van der Waals surface area contributed by atoms with Crippen molar-refractivity contribution in [3.63, 3.8) is 0 Å². The van der Waals surface area contributed by atoms with Gasteiger partial charge in [0, 0.05) is 25.9 Å². The average molecular weight is 817 g/mol. The lowest BCUT2D eigenvalue weighted by atomic mass is 10.00. The Morgan fingerprint density at radius 2 is 1.41 bits per heavy atom. The Labute approximate surface area is 338 Å². The smallest absolute Gasteiger partial charge is 0.253 e. The minimum atomic E-state index is -4.03. The largest absolute Gasteiger partial charge is 0.391 e. The van der Waals surface area contributed by atoms with E-state index in [1.165, 1.54) is 36.1 Å². The minimum Gasteiger partial charge on any atom is -0.391 e. The maximum atomic E-state index is 14.2. The minimum absolute atomic E-state index is 0.00620. The molecule has 2 aliphatic heterocycles. The Morgan fingerprint density at radius 3 is 2.09 bits per heavy atom. The number of amides is 6. The van der Waals surface area contributed by atoms with Gasteiger partial charge in [0.2, 0.25) is 29.5 Å². The molecule has 0 unspecified atom stereocenters. The maximum Gasteiger partial charge on any atom is 0.253 e. The number of hydrogen-bond donors (Lipinski definition) is 6. The summed E-state index contributed by atoms with van der Waals surface area (Å²) >= 11 is 0. The van der Waals surface area contributed by atoms with Crippen LogP contribution in [0.5, 0.6) is 0 Å². The third kappa shape index (κ3) is 11.5. The molecule has 0 radical (unpaired) electrons. The van der Waals surface area contributed by atoms with E-state index in [1.54, 1.807) is 60.7 Å². The van der Waals surface area contributed by atoms with Gasteiger partial charge in [-0.15, -0.1) is 0 Å². The second-order valence-electron chi connectivity index (χ2n) is 15.3. The van der Waals surface area contributed by atoms with Crippen molar-refractivity contribution in [1.82, 2.24) is 31.5 Å². The lowest BCUT2D eigenvalue weighted by molar-refractivity contribution is -0.141. The predicted molar refractivity (Wildman–Crippen MR) is 214 cm³/mol. The first-order valence-corrected chi connectivity index (χ1v) is 21.2. The highest BCUT2D eigenvalue weighted by molar-refractivity contribution is 7.90. The molecule has 0 aromatic heterocycles. The summed E-state index contributed by atoms with van der Waals surface area (Å²) in [5.41, 5.74) is 1.03. The molecule has 6 amide bonds. The van der Waals surface area contributed by atoms with Crippen molar-refractivity contribution in [2.24, 2.45) is 5.92 Å². The van der Waals surface area contributed by atoms with Crippen molar-refractivity contribution in [3.05, 3.63) is 102 Å². The summed E-state index contributed by atoms with van der Waals surface area (Å²) in [6, 6.07) is 17.3. The standard InChI is InChI=1S/C42H52N6O9S/c1-26(2)21-33-39(52)44-27(3)42(55)48-24-30(49)23-35(48)41(54)43-20-12-18-32(38(51)47-34(40(53)46-33)22-28-13-6-4-7-14-28)45-37(50)31-17-10-11-19-36(31)58(56,57)25-29-15-8-5-9-16-29/h4-11,13-17,19,26-27,30,32-35,49H,12,18,20-25H2,1-3H3,(H,43,54)(H,44,52)(H,45,50)(H,46,53)(H,47,51)/t27-,30+,32-,33-,34+,35-/m0/s1. The molecule has 3 aromatic carbocycles. The zero-order chi connectivity index (χ0) is 42.0. The van der Waals surface area contributed by atoms with Crippen LogP contribution < -0.4 is 26.6 Å². The van der Waals surface area contributed by atoms with E-state index in [9.17, 15) is 42.3 Å². The number of nitrogens with zero attached hydrogens (tertiary/aromatic N) is 1. The molecule has 5 rings (SSSR count). The van der Waals surface area contributed by atoms with Gasteiger partial charge in [-0.3, -0.25) is 28.8 Å². The molecule has 6 atom stereocenters. The Hall–Kier alpha value is -5.61. The molecule has 2 heterocycles. The zero-order valence-corrected chi connectivity index (χ0v) is 33.7. The summed E-state index contributed by atoms with van der Waals surface area (Å²) in [6.45, 7) is 5.07. The van der Waals surface area contributed by atoms with Crippen molar-refractivity contribution in [1.29, 1.82) is 0 Å². The van der Waals surface area contributed by atoms with Crippen LogP contribution in [0.4, 0.5) is 0 Å². The highest BCUT2D eigenvalue weighted by Crippen LogP contribution is 2.22. The summed E-state index contributed by atoms with van der Waals surface area (Å²) in [4.78, 5) is 84.0. The maximum absolute atomic E-state index is 14.2. The van der Waals surface area contributed by atoms with Gasteiger partial charge in [-0.25, -0.2) is 8.42 Å². The molecule has 0 saturated carbocycles. The van der Waals surface area contributed by atoms with Gasteiger partial charge in [-0.2, -0.15) is 0 Å². The van der Waals surface area contributed by atoms with Crippen molar-refractivity contribution in [2.45, 2.75) is 99.8 Å². The molecule has 6 N–H and O–H groups in total. The molecular weight excluding hydrogens is 765 g/mol. The van der Waals surface area contributed by atoms with Crippen LogP contribution in [-0.4, -0.2) is 103 Å². The van der Waals surface area contributed by atoms with E-state index in [4.69, 9.17) is 0 Å². The van der Waals surface area contributed by atoms with Gasteiger partial charge in [0.05, 0.1) is 22.3 Å². The summed E-state index contributed by atoms with van der Waals surface area (Å²) in [5.74, 6) is -4.51. The summed E-state index contributed by atoms with van der Waals surface area (Å²) < 4.78 is 27.2. The number of carbonyl (C=O) groups excluding carboxylic acids is 6. The molecule has 2 aliphatic rings.